The highest BCUT2D eigenvalue weighted by Gasteiger charge is 2.18. The van der Waals surface area contributed by atoms with Gasteiger partial charge in [0.25, 0.3) is 10.0 Å². The molecule has 0 radical (unpaired) electrons. The fourth-order valence-corrected chi connectivity index (χ4v) is 2.35. The molecule has 2 aromatic heterocycles. The number of nitrogens with one attached hydrogen (secondary N) is 1. The molecule has 1 N–H and O–H groups in total. The van der Waals surface area contributed by atoms with E-state index in [9.17, 15) is 8.42 Å². The summed E-state index contributed by atoms with van der Waals surface area (Å²) < 4.78 is 31.2. The van der Waals surface area contributed by atoms with Crippen LogP contribution in [0.2, 0.25) is 5.15 Å². The highest BCUT2D eigenvalue weighted by atomic mass is 35.5. The van der Waals surface area contributed by atoms with Gasteiger partial charge in [0.15, 0.2) is 0 Å². The van der Waals surface area contributed by atoms with E-state index in [1.807, 2.05) is 13.8 Å². The number of anilines is 1. The zero-order valence-electron chi connectivity index (χ0n) is 10.3. The quantitative estimate of drug-likeness (QED) is 0.877. The van der Waals surface area contributed by atoms with E-state index in [0.29, 0.717) is 5.69 Å². The lowest BCUT2D eigenvalue weighted by Crippen LogP contribution is -2.12. The lowest BCUT2D eigenvalue weighted by molar-refractivity contribution is 0.423. The van der Waals surface area contributed by atoms with Crippen molar-refractivity contribution in [3.8, 4) is 0 Å². The molecule has 19 heavy (non-hydrogen) atoms. The first kappa shape index (κ1) is 13.8. The maximum absolute atomic E-state index is 12.0. The Labute approximate surface area is 115 Å². The molecule has 0 saturated carbocycles. The van der Waals surface area contributed by atoms with Gasteiger partial charge in [0.2, 0.25) is 5.88 Å². The molecule has 0 aliphatic rings. The maximum Gasteiger partial charge on any atom is 0.265 e. The van der Waals surface area contributed by atoms with Gasteiger partial charge in [-0.2, -0.15) is 0 Å². The van der Waals surface area contributed by atoms with Crippen LogP contribution in [0.1, 0.15) is 25.5 Å². The summed E-state index contributed by atoms with van der Waals surface area (Å²) >= 11 is 5.61. The molecule has 0 unspecified atom stereocenters. The minimum atomic E-state index is -3.75. The molecule has 0 saturated heterocycles. The van der Waals surface area contributed by atoms with Crippen LogP contribution >= 0.6 is 11.6 Å². The number of nitrogens with zero attached hydrogens (tertiary/aromatic N) is 2. The first-order valence-corrected chi connectivity index (χ1v) is 7.35. The van der Waals surface area contributed by atoms with Crippen molar-refractivity contribution >= 4 is 27.5 Å². The van der Waals surface area contributed by atoms with E-state index in [1.165, 1.54) is 18.3 Å². The highest BCUT2D eigenvalue weighted by molar-refractivity contribution is 7.92. The van der Waals surface area contributed by atoms with Crippen molar-refractivity contribution in [2.75, 3.05) is 4.72 Å². The normalized spacial score (nSPS) is 11.8. The number of hydrogen-bond acceptors (Lipinski definition) is 5. The number of halogens is 1. The summed E-state index contributed by atoms with van der Waals surface area (Å²) in [6.45, 7) is 3.86. The summed E-state index contributed by atoms with van der Waals surface area (Å²) in [6.07, 6.45) is 1.17. The Morgan fingerprint density at radius 2 is 2.11 bits per heavy atom. The molecule has 2 aromatic rings. The predicted octanol–water partition coefficient (Wildman–Crippen LogP) is 2.65. The summed E-state index contributed by atoms with van der Waals surface area (Å²) in [5.41, 5.74) is 0.673. The Hall–Kier alpha value is -1.60. The minimum absolute atomic E-state index is 0.000558. The van der Waals surface area contributed by atoms with Crippen molar-refractivity contribution in [1.82, 2.24) is 10.1 Å². The molecule has 0 spiro atoms. The molecular weight excluding hydrogens is 290 g/mol. The Morgan fingerprint density at radius 1 is 1.37 bits per heavy atom. The largest absolute Gasteiger partial charge is 0.338 e. The molecule has 0 bridgehead atoms. The first-order chi connectivity index (χ1) is 8.88. The van der Waals surface area contributed by atoms with Gasteiger partial charge in [0.1, 0.15) is 10.0 Å². The van der Waals surface area contributed by atoms with Gasteiger partial charge in [-0.25, -0.2) is 18.1 Å². The monoisotopic (exact) mass is 301 g/mol. The van der Waals surface area contributed by atoms with Crippen molar-refractivity contribution < 1.29 is 12.9 Å². The third kappa shape index (κ3) is 3.24. The third-order valence-corrected chi connectivity index (χ3v) is 3.92. The van der Waals surface area contributed by atoms with Gasteiger partial charge < -0.3 is 4.52 Å². The Morgan fingerprint density at radius 3 is 2.63 bits per heavy atom. The average molecular weight is 302 g/mol. The van der Waals surface area contributed by atoms with Gasteiger partial charge >= 0.3 is 0 Å². The molecule has 0 atom stereocenters. The van der Waals surface area contributed by atoms with Crippen molar-refractivity contribution in [1.29, 1.82) is 0 Å². The molecule has 0 aromatic carbocycles. The predicted molar refractivity (Wildman–Crippen MR) is 70.6 cm³/mol. The van der Waals surface area contributed by atoms with Crippen LogP contribution in [0.25, 0.3) is 0 Å². The Balaban J connectivity index is 2.23. The van der Waals surface area contributed by atoms with Gasteiger partial charge in [0, 0.05) is 12.3 Å². The van der Waals surface area contributed by atoms with Gasteiger partial charge in [-0.1, -0.05) is 30.6 Å². The van der Waals surface area contributed by atoms with Gasteiger partial charge in [-0.3, -0.25) is 0 Å². The second-order valence-electron chi connectivity index (χ2n) is 4.19. The number of aromatic nitrogens is 2. The van der Waals surface area contributed by atoms with Crippen molar-refractivity contribution in [2.24, 2.45) is 0 Å². The topological polar surface area (TPSA) is 85.1 Å². The molecular formula is C11H12ClN3O3S. The molecule has 8 heteroatoms. The molecule has 2 rings (SSSR count). The molecule has 102 valence electrons. The van der Waals surface area contributed by atoms with Gasteiger partial charge in [0.05, 0.1) is 5.69 Å². The summed E-state index contributed by atoms with van der Waals surface area (Å²) in [6, 6.07) is 4.30. The zero-order valence-corrected chi connectivity index (χ0v) is 11.9. The lowest BCUT2D eigenvalue weighted by Gasteiger charge is -2.03. The number of hydrogen-bond donors (Lipinski definition) is 1. The van der Waals surface area contributed by atoms with E-state index in [1.54, 1.807) is 6.07 Å². The van der Waals surface area contributed by atoms with Crippen LogP contribution in [-0.4, -0.2) is 18.6 Å². The summed E-state index contributed by atoms with van der Waals surface area (Å²) in [7, 11) is -3.75. The average Bonchev–Trinajstić information content (AvgIpc) is 2.77. The summed E-state index contributed by atoms with van der Waals surface area (Å²) in [5.74, 6) is 0.220. The van der Waals surface area contributed by atoms with Crippen LogP contribution in [0, 0.1) is 0 Å². The number of pyridine rings is 1. The van der Waals surface area contributed by atoms with Crippen molar-refractivity contribution in [3.63, 3.8) is 0 Å². The van der Waals surface area contributed by atoms with Crippen LogP contribution in [-0.2, 0) is 10.0 Å². The van der Waals surface area contributed by atoms with Crippen LogP contribution in [0.5, 0.6) is 0 Å². The molecule has 0 aliphatic heterocycles. The molecule has 0 amide bonds. The highest BCUT2D eigenvalue weighted by Crippen LogP contribution is 2.20. The molecule has 0 aliphatic carbocycles. The van der Waals surface area contributed by atoms with Gasteiger partial charge in [-0.15, -0.1) is 0 Å². The van der Waals surface area contributed by atoms with Crippen LogP contribution in [0.4, 0.5) is 5.88 Å². The van der Waals surface area contributed by atoms with E-state index >= 15 is 0 Å². The van der Waals surface area contributed by atoms with E-state index in [4.69, 9.17) is 16.1 Å². The number of sulfonamides is 1. The SMILES string of the molecule is CC(C)c1cc(NS(=O)(=O)c2ccc(Cl)nc2)on1. The standard InChI is InChI=1S/C11H12ClN3O3S/c1-7(2)9-5-11(18-14-9)15-19(16,17)8-3-4-10(12)13-6-8/h3-7,15H,1-2H3. The fraction of sp³-hybridized carbons (Fsp3) is 0.273. The minimum Gasteiger partial charge on any atom is -0.338 e. The van der Waals surface area contributed by atoms with Crippen LogP contribution in [0.15, 0.2) is 33.8 Å². The van der Waals surface area contributed by atoms with Crippen molar-refractivity contribution in [2.45, 2.75) is 24.7 Å². The zero-order chi connectivity index (χ0) is 14.0. The lowest BCUT2D eigenvalue weighted by atomic mass is 10.1. The fourth-order valence-electron chi connectivity index (χ4n) is 1.32. The molecule has 6 nitrogen and oxygen atoms in total. The van der Waals surface area contributed by atoms with Gasteiger partial charge in [-0.05, 0) is 18.1 Å². The van der Waals surface area contributed by atoms with E-state index in [0.717, 1.165) is 0 Å². The maximum atomic E-state index is 12.0. The Bertz CT molecular complexity index is 665. The first-order valence-electron chi connectivity index (χ1n) is 5.49. The summed E-state index contributed by atoms with van der Waals surface area (Å²) in [5, 5.41) is 3.99. The second-order valence-corrected chi connectivity index (χ2v) is 6.26. The summed E-state index contributed by atoms with van der Waals surface area (Å²) in [4.78, 5) is 3.72. The Kier molecular flexibility index (Phi) is 3.77. The van der Waals surface area contributed by atoms with Crippen LogP contribution in [0.3, 0.4) is 0 Å². The van der Waals surface area contributed by atoms with E-state index in [-0.39, 0.29) is 21.9 Å². The second kappa shape index (κ2) is 5.18. The van der Waals surface area contributed by atoms with Crippen molar-refractivity contribution in [3.05, 3.63) is 35.2 Å². The van der Waals surface area contributed by atoms with Crippen LogP contribution < -0.4 is 4.72 Å². The molecule has 2 heterocycles. The molecule has 0 fully saturated rings. The third-order valence-electron chi connectivity index (χ3n) is 2.37. The number of rotatable bonds is 4. The van der Waals surface area contributed by atoms with E-state index < -0.39 is 10.0 Å². The smallest absolute Gasteiger partial charge is 0.265 e. The van der Waals surface area contributed by atoms with E-state index in [2.05, 4.69) is 14.9 Å².